The molecule has 8 nitrogen and oxygen atoms in total. The molecule has 0 atom stereocenters. The van der Waals surface area contributed by atoms with Crippen LogP contribution in [0.15, 0.2) is 54.1 Å². The summed E-state index contributed by atoms with van der Waals surface area (Å²) in [5.41, 5.74) is -0.0105. The van der Waals surface area contributed by atoms with Gasteiger partial charge in [0, 0.05) is 5.56 Å². The van der Waals surface area contributed by atoms with Crippen molar-refractivity contribution in [1.29, 1.82) is 0 Å². The number of nitrogens with one attached hydrogen (secondary N) is 1. The number of ether oxygens (including phenoxy) is 1. The maximum Gasteiger partial charge on any atom is 0.341 e. The highest BCUT2D eigenvalue weighted by molar-refractivity contribution is 6.39. The van der Waals surface area contributed by atoms with Gasteiger partial charge in [-0.3, -0.25) is 14.9 Å². The minimum Gasteiger partial charge on any atom is -0.481 e. The van der Waals surface area contributed by atoms with Gasteiger partial charge in [-0.1, -0.05) is 18.2 Å². The van der Waals surface area contributed by atoms with Crippen LogP contribution >= 0.6 is 0 Å². The molecule has 1 heterocycles. The van der Waals surface area contributed by atoms with Gasteiger partial charge in [0.1, 0.15) is 17.1 Å². The molecule has 9 heteroatoms. The first-order valence-electron chi connectivity index (χ1n) is 7.97. The number of urea groups is 1. The van der Waals surface area contributed by atoms with E-state index in [0.29, 0.717) is 4.90 Å². The van der Waals surface area contributed by atoms with Gasteiger partial charge in [-0.05, 0) is 36.4 Å². The number of carboxylic acid groups (broad SMARTS) is 1. The Morgan fingerprint density at radius 1 is 1.11 bits per heavy atom. The number of carbonyl (C=O) groups excluding carboxylic acids is 3. The second-order valence-corrected chi connectivity index (χ2v) is 5.65. The highest BCUT2D eigenvalue weighted by Gasteiger charge is 2.36. The Labute approximate surface area is 157 Å². The van der Waals surface area contributed by atoms with Crippen LogP contribution in [-0.4, -0.2) is 35.5 Å². The van der Waals surface area contributed by atoms with E-state index in [2.05, 4.69) is 0 Å². The molecule has 2 aromatic rings. The summed E-state index contributed by atoms with van der Waals surface area (Å²) in [5.74, 6) is -3.43. The monoisotopic (exact) mass is 384 g/mol. The molecule has 142 valence electrons. The van der Waals surface area contributed by atoms with Gasteiger partial charge in [0.2, 0.25) is 0 Å². The first kappa shape index (κ1) is 18.8. The normalized spacial score (nSPS) is 15.5. The number of rotatable bonds is 5. The van der Waals surface area contributed by atoms with Crippen LogP contribution in [0.4, 0.5) is 14.9 Å². The van der Waals surface area contributed by atoms with Crippen LogP contribution in [0.5, 0.6) is 5.75 Å². The number of nitrogens with zero attached hydrogens (tertiary/aromatic N) is 1. The molecule has 28 heavy (non-hydrogen) atoms. The fourth-order valence-corrected chi connectivity index (χ4v) is 2.51. The van der Waals surface area contributed by atoms with Crippen molar-refractivity contribution in [2.24, 2.45) is 0 Å². The van der Waals surface area contributed by atoms with Crippen LogP contribution in [0.1, 0.15) is 5.56 Å². The molecule has 0 bridgehead atoms. The van der Waals surface area contributed by atoms with Gasteiger partial charge in [-0.15, -0.1) is 0 Å². The predicted molar refractivity (Wildman–Crippen MR) is 95.0 cm³/mol. The molecule has 0 saturated carbocycles. The third-order valence-electron chi connectivity index (χ3n) is 3.76. The number of anilines is 1. The number of imide groups is 2. The summed E-state index contributed by atoms with van der Waals surface area (Å²) in [5, 5.41) is 10.8. The summed E-state index contributed by atoms with van der Waals surface area (Å²) in [6.07, 6.45) is 1.19. The van der Waals surface area contributed by atoms with Gasteiger partial charge in [-0.2, -0.15) is 0 Å². The van der Waals surface area contributed by atoms with Gasteiger partial charge < -0.3 is 9.84 Å². The van der Waals surface area contributed by atoms with E-state index in [1.54, 1.807) is 12.1 Å². The molecule has 1 fully saturated rings. The summed E-state index contributed by atoms with van der Waals surface area (Å²) in [4.78, 5) is 48.5. The quantitative estimate of drug-likeness (QED) is 0.602. The molecule has 0 aliphatic carbocycles. The Hall–Kier alpha value is -4.01. The molecular formula is C19H13FN2O6. The zero-order chi connectivity index (χ0) is 20.3. The second-order valence-electron chi connectivity index (χ2n) is 5.65. The summed E-state index contributed by atoms with van der Waals surface area (Å²) < 4.78 is 18.3. The van der Waals surface area contributed by atoms with Crippen molar-refractivity contribution in [2.45, 2.75) is 0 Å². The Balaban J connectivity index is 1.98. The fourth-order valence-electron chi connectivity index (χ4n) is 2.51. The minimum atomic E-state index is -1.19. The number of amides is 4. The standard InChI is InChI=1S/C19H13FN2O6/c20-12-5-7-13(8-6-12)22-18(26)14(17(25)21-19(22)27)9-11-3-1-2-4-15(11)28-10-16(23)24/h1-9H,10H2,(H,23,24)(H,21,25,27)/b14-9-. The molecule has 0 radical (unpaired) electrons. The second kappa shape index (κ2) is 7.70. The van der Waals surface area contributed by atoms with Crippen molar-refractivity contribution in [1.82, 2.24) is 5.32 Å². The van der Waals surface area contributed by atoms with Gasteiger partial charge in [0.05, 0.1) is 5.69 Å². The Morgan fingerprint density at radius 3 is 2.46 bits per heavy atom. The third kappa shape index (κ3) is 3.88. The van der Waals surface area contributed by atoms with Gasteiger partial charge >= 0.3 is 12.0 Å². The molecule has 4 amide bonds. The molecule has 0 spiro atoms. The van der Waals surface area contributed by atoms with Gasteiger partial charge in [-0.25, -0.2) is 18.9 Å². The van der Waals surface area contributed by atoms with Crippen molar-refractivity contribution < 1.29 is 33.4 Å². The lowest BCUT2D eigenvalue weighted by Crippen LogP contribution is -2.54. The summed E-state index contributed by atoms with van der Waals surface area (Å²) in [7, 11) is 0. The zero-order valence-electron chi connectivity index (χ0n) is 14.2. The molecule has 2 N–H and O–H groups in total. The summed E-state index contributed by atoms with van der Waals surface area (Å²) in [6, 6.07) is 9.83. The van der Waals surface area contributed by atoms with Crippen LogP contribution in [-0.2, 0) is 14.4 Å². The van der Waals surface area contributed by atoms with E-state index in [0.717, 1.165) is 12.1 Å². The topological polar surface area (TPSA) is 113 Å². The molecule has 0 aromatic heterocycles. The predicted octanol–water partition coefficient (Wildman–Crippen LogP) is 1.96. The lowest BCUT2D eigenvalue weighted by molar-refractivity contribution is -0.139. The number of benzene rings is 2. The van der Waals surface area contributed by atoms with E-state index < -0.39 is 36.2 Å². The maximum atomic E-state index is 13.1. The van der Waals surface area contributed by atoms with Crippen molar-refractivity contribution >= 4 is 35.6 Å². The minimum absolute atomic E-state index is 0.0812. The van der Waals surface area contributed by atoms with E-state index in [-0.39, 0.29) is 22.6 Å². The van der Waals surface area contributed by atoms with Crippen molar-refractivity contribution in [2.75, 3.05) is 11.5 Å². The van der Waals surface area contributed by atoms with Crippen LogP contribution in [0, 0.1) is 5.82 Å². The highest BCUT2D eigenvalue weighted by atomic mass is 19.1. The molecule has 0 unspecified atom stereocenters. The van der Waals surface area contributed by atoms with Crippen LogP contribution in [0.2, 0.25) is 0 Å². The summed E-state index contributed by atoms with van der Waals surface area (Å²) in [6.45, 7) is -0.611. The van der Waals surface area contributed by atoms with Crippen LogP contribution < -0.4 is 15.0 Å². The molecule has 1 aliphatic rings. The van der Waals surface area contributed by atoms with Crippen molar-refractivity contribution in [3.63, 3.8) is 0 Å². The van der Waals surface area contributed by atoms with E-state index in [1.165, 1.54) is 30.3 Å². The van der Waals surface area contributed by atoms with E-state index in [9.17, 15) is 23.6 Å². The average Bonchev–Trinajstić information content (AvgIpc) is 2.65. The smallest absolute Gasteiger partial charge is 0.341 e. The lowest BCUT2D eigenvalue weighted by Gasteiger charge is -2.26. The molecular weight excluding hydrogens is 371 g/mol. The number of halogens is 1. The van der Waals surface area contributed by atoms with Gasteiger partial charge in [0.25, 0.3) is 11.8 Å². The van der Waals surface area contributed by atoms with Crippen molar-refractivity contribution in [3.8, 4) is 5.75 Å². The zero-order valence-corrected chi connectivity index (χ0v) is 14.2. The Kier molecular flexibility index (Phi) is 5.16. The van der Waals surface area contributed by atoms with Crippen molar-refractivity contribution in [3.05, 3.63) is 65.5 Å². The number of hydrogen-bond donors (Lipinski definition) is 2. The Bertz CT molecular complexity index is 1000. The number of para-hydroxylation sites is 1. The van der Waals surface area contributed by atoms with E-state index in [1.807, 2.05) is 5.32 Å². The molecule has 3 rings (SSSR count). The molecule has 1 saturated heterocycles. The van der Waals surface area contributed by atoms with Crippen LogP contribution in [0.25, 0.3) is 6.08 Å². The number of barbiturate groups is 1. The maximum absolute atomic E-state index is 13.1. The average molecular weight is 384 g/mol. The number of carboxylic acids is 1. The van der Waals surface area contributed by atoms with E-state index >= 15 is 0 Å². The largest absolute Gasteiger partial charge is 0.481 e. The van der Waals surface area contributed by atoms with E-state index in [4.69, 9.17) is 9.84 Å². The lowest BCUT2D eigenvalue weighted by atomic mass is 10.1. The summed E-state index contributed by atoms with van der Waals surface area (Å²) >= 11 is 0. The van der Waals surface area contributed by atoms with Crippen LogP contribution in [0.3, 0.4) is 0 Å². The number of aliphatic carboxylic acids is 1. The highest BCUT2D eigenvalue weighted by Crippen LogP contribution is 2.25. The molecule has 2 aromatic carbocycles. The SMILES string of the molecule is O=C(O)COc1ccccc1/C=C1/C(=O)NC(=O)N(c2ccc(F)cc2)C1=O. The van der Waals surface area contributed by atoms with Gasteiger partial charge in [0.15, 0.2) is 6.61 Å². The number of hydrogen-bond acceptors (Lipinski definition) is 5. The third-order valence-corrected chi connectivity index (χ3v) is 3.76. The molecule has 1 aliphatic heterocycles. The fraction of sp³-hybridized carbons (Fsp3) is 0.0526. The Morgan fingerprint density at radius 2 is 1.79 bits per heavy atom. The first-order valence-corrected chi connectivity index (χ1v) is 7.97. The number of carbonyl (C=O) groups is 4. The first-order chi connectivity index (χ1) is 13.4.